The molecular formula is C4H6NNaO2. The van der Waals surface area contributed by atoms with E-state index in [1.807, 2.05) is 0 Å². The molecule has 0 amide bonds. The van der Waals surface area contributed by atoms with Crippen LogP contribution in [0.4, 0.5) is 0 Å². The molecule has 1 heterocycles. The van der Waals surface area contributed by atoms with Gasteiger partial charge < -0.3 is 15.2 Å². The quantitative estimate of drug-likeness (QED) is 0.355. The molecule has 40 valence electrons. The number of hydrogen-bond acceptors (Lipinski definition) is 3. The Bertz CT molecular complexity index is 92.0. The maximum atomic E-state index is 9.81. The second-order valence-corrected chi connectivity index (χ2v) is 1.61. The van der Waals surface area contributed by atoms with Crippen molar-refractivity contribution in [2.75, 3.05) is 6.54 Å². The molecule has 1 aliphatic rings. The summed E-state index contributed by atoms with van der Waals surface area (Å²) in [6.45, 7) is 0.818. The topological polar surface area (TPSA) is 52.2 Å². The van der Waals surface area contributed by atoms with Crippen LogP contribution in [-0.2, 0) is 4.79 Å². The first-order chi connectivity index (χ1) is 3.30. The Hall–Kier alpha value is 0.430. The minimum absolute atomic E-state index is 0. The van der Waals surface area contributed by atoms with Gasteiger partial charge in [0.25, 0.3) is 0 Å². The molecule has 1 fully saturated rings. The summed E-state index contributed by atoms with van der Waals surface area (Å²) in [5.41, 5.74) is 0. The molecule has 0 radical (unpaired) electrons. The van der Waals surface area contributed by atoms with Crippen LogP contribution in [0.3, 0.4) is 0 Å². The van der Waals surface area contributed by atoms with Gasteiger partial charge in [-0.25, -0.2) is 0 Å². The predicted octanol–water partition coefficient (Wildman–Crippen LogP) is -4.90. The summed E-state index contributed by atoms with van der Waals surface area (Å²) in [6.07, 6.45) is 0.725. The van der Waals surface area contributed by atoms with Crippen molar-refractivity contribution in [3.05, 3.63) is 0 Å². The van der Waals surface area contributed by atoms with E-state index in [2.05, 4.69) is 5.32 Å². The fourth-order valence-corrected chi connectivity index (χ4v) is 0.490. The zero-order valence-electron chi connectivity index (χ0n) is 4.81. The van der Waals surface area contributed by atoms with Crippen LogP contribution in [-0.4, -0.2) is 18.6 Å². The SMILES string of the molecule is O=C([O-])C1CCN1.[Na+]. The summed E-state index contributed by atoms with van der Waals surface area (Å²) in [5.74, 6) is -0.980. The molecule has 1 saturated heterocycles. The van der Waals surface area contributed by atoms with Gasteiger partial charge in [-0.3, -0.25) is 0 Å². The number of hydrogen-bond donors (Lipinski definition) is 1. The minimum Gasteiger partial charge on any atom is -0.548 e. The van der Waals surface area contributed by atoms with E-state index in [1.165, 1.54) is 0 Å². The normalized spacial score (nSPS) is 25.2. The molecule has 4 heteroatoms. The van der Waals surface area contributed by atoms with Crippen molar-refractivity contribution in [1.29, 1.82) is 0 Å². The number of carboxylic acids is 1. The van der Waals surface area contributed by atoms with E-state index in [0.717, 1.165) is 13.0 Å². The molecule has 0 saturated carbocycles. The Morgan fingerprint density at radius 3 is 2.25 bits per heavy atom. The Kier molecular flexibility index (Phi) is 3.64. The van der Waals surface area contributed by atoms with E-state index in [-0.39, 0.29) is 35.6 Å². The van der Waals surface area contributed by atoms with E-state index in [4.69, 9.17) is 0 Å². The minimum atomic E-state index is -0.980. The molecule has 0 spiro atoms. The van der Waals surface area contributed by atoms with Gasteiger partial charge in [0.05, 0.1) is 5.97 Å². The third-order valence-electron chi connectivity index (χ3n) is 1.11. The van der Waals surface area contributed by atoms with Crippen molar-refractivity contribution in [3.8, 4) is 0 Å². The molecule has 1 atom stereocenters. The molecule has 1 aliphatic heterocycles. The molecule has 1 unspecified atom stereocenters. The van der Waals surface area contributed by atoms with Crippen molar-refractivity contribution in [2.24, 2.45) is 0 Å². The zero-order chi connectivity index (χ0) is 5.28. The third kappa shape index (κ3) is 1.74. The fraction of sp³-hybridized carbons (Fsp3) is 0.750. The van der Waals surface area contributed by atoms with Crippen molar-refractivity contribution in [3.63, 3.8) is 0 Å². The summed E-state index contributed by atoms with van der Waals surface area (Å²) in [4.78, 5) is 9.81. The molecule has 0 bridgehead atoms. The van der Waals surface area contributed by atoms with Crippen molar-refractivity contribution >= 4 is 5.97 Å². The number of aliphatic carboxylic acids is 1. The van der Waals surface area contributed by atoms with Crippen molar-refractivity contribution < 1.29 is 39.5 Å². The number of carboxylic acid groups (broad SMARTS) is 1. The van der Waals surface area contributed by atoms with Crippen LogP contribution in [0, 0.1) is 0 Å². The second-order valence-electron chi connectivity index (χ2n) is 1.61. The van der Waals surface area contributed by atoms with Crippen LogP contribution in [0.1, 0.15) is 6.42 Å². The van der Waals surface area contributed by atoms with E-state index in [0.29, 0.717) is 0 Å². The van der Waals surface area contributed by atoms with Crippen LogP contribution in [0.2, 0.25) is 0 Å². The summed E-state index contributed by atoms with van der Waals surface area (Å²) >= 11 is 0. The van der Waals surface area contributed by atoms with E-state index < -0.39 is 5.97 Å². The van der Waals surface area contributed by atoms with Crippen LogP contribution in [0.15, 0.2) is 0 Å². The van der Waals surface area contributed by atoms with Crippen LogP contribution >= 0.6 is 0 Å². The van der Waals surface area contributed by atoms with Crippen LogP contribution in [0.5, 0.6) is 0 Å². The molecule has 1 rings (SSSR count). The van der Waals surface area contributed by atoms with Gasteiger partial charge in [-0.05, 0) is 13.0 Å². The molecule has 0 aromatic heterocycles. The monoisotopic (exact) mass is 123 g/mol. The largest absolute Gasteiger partial charge is 1.00 e. The zero-order valence-corrected chi connectivity index (χ0v) is 6.81. The third-order valence-corrected chi connectivity index (χ3v) is 1.11. The van der Waals surface area contributed by atoms with Crippen molar-refractivity contribution in [1.82, 2.24) is 5.32 Å². The van der Waals surface area contributed by atoms with Gasteiger partial charge in [0, 0.05) is 6.04 Å². The maximum Gasteiger partial charge on any atom is 1.00 e. The van der Waals surface area contributed by atoms with Gasteiger partial charge in [-0.15, -0.1) is 0 Å². The molecule has 0 aliphatic carbocycles. The summed E-state index contributed by atoms with van der Waals surface area (Å²) in [6, 6.07) is -0.361. The molecule has 1 N–H and O–H groups in total. The molecule has 8 heavy (non-hydrogen) atoms. The van der Waals surface area contributed by atoms with Gasteiger partial charge in [-0.2, -0.15) is 0 Å². The van der Waals surface area contributed by atoms with Crippen LogP contribution < -0.4 is 40.0 Å². The Balaban J connectivity index is 0.000000490. The van der Waals surface area contributed by atoms with Gasteiger partial charge in [0.2, 0.25) is 0 Å². The smallest absolute Gasteiger partial charge is 0.548 e. The average molecular weight is 123 g/mol. The van der Waals surface area contributed by atoms with Gasteiger partial charge in [0.1, 0.15) is 0 Å². The van der Waals surface area contributed by atoms with E-state index in [1.54, 1.807) is 0 Å². The number of rotatable bonds is 1. The number of carbonyl (C=O) groups excluding carboxylic acids is 1. The predicted molar refractivity (Wildman–Crippen MR) is 21.4 cm³/mol. The molecule has 3 nitrogen and oxygen atoms in total. The van der Waals surface area contributed by atoms with Gasteiger partial charge >= 0.3 is 29.6 Å². The van der Waals surface area contributed by atoms with Gasteiger partial charge in [-0.1, -0.05) is 0 Å². The first-order valence-corrected chi connectivity index (χ1v) is 2.25. The number of nitrogens with one attached hydrogen (secondary N) is 1. The Labute approximate surface area is 69.7 Å². The fourth-order valence-electron chi connectivity index (χ4n) is 0.490. The van der Waals surface area contributed by atoms with E-state index in [9.17, 15) is 9.90 Å². The first-order valence-electron chi connectivity index (χ1n) is 2.25. The summed E-state index contributed by atoms with van der Waals surface area (Å²) in [5, 5.41) is 12.5. The first kappa shape index (κ1) is 8.43. The van der Waals surface area contributed by atoms with Crippen molar-refractivity contribution in [2.45, 2.75) is 12.5 Å². The van der Waals surface area contributed by atoms with E-state index >= 15 is 0 Å². The molecule has 0 aromatic carbocycles. The molecule has 0 aromatic rings. The van der Waals surface area contributed by atoms with Crippen LogP contribution in [0.25, 0.3) is 0 Å². The second kappa shape index (κ2) is 3.45. The maximum absolute atomic E-state index is 9.81. The van der Waals surface area contributed by atoms with Gasteiger partial charge in [0.15, 0.2) is 0 Å². The standard InChI is InChI=1S/C4H7NO2.Na/c6-4(7)3-1-2-5-3;/h3,5H,1-2H2,(H,6,7);/q;+1/p-1. The summed E-state index contributed by atoms with van der Waals surface area (Å²) < 4.78 is 0. The molecular weight excluding hydrogens is 117 g/mol. The Morgan fingerprint density at radius 1 is 1.75 bits per heavy atom. The number of carbonyl (C=O) groups is 1. The average Bonchev–Trinajstić information content (AvgIpc) is 1.23. The Morgan fingerprint density at radius 2 is 2.25 bits per heavy atom. The summed E-state index contributed by atoms with van der Waals surface area (Å²) in [7, 11) is 0.